The number of alkyl halides is 1. The first kappa shape index (κ1) is 16.1. The second-order valence-corrected chi connectivity index (χ2v) is 5.01. The molecule has 2 atom stereocenters. The summed E-state index contributed by atoms with van der Waals surface area (Å²) in [6.45, 7) is 2.89. The van der Waals surface area contributed by atoms with Crippen molar-refractivity contribution < 1.29 is 19.0 Å². The van der Waals surface area contributed by atoms with Gasteiger partial charge in [-0.2, -0.15) is 0 Å². The number of hydrogen-bond acceptors (Lipinski definition) is 4. The van der Waals surface area contributed by atoms with Gasteiger partial charge in [0.15, 0.2) is 6.29 Å². The highest BCUT2D eigenvalue weighted by Gasteiger charge is 2.29. The molecule has 2 rings (SSSR count). The molecular formula is C15H20ClNO4. The van der Waals surface area contributed by atoms with Gasteiger partial charge in [-0.25, -0.2) is 0 Å². The van der Waals surface area contributed by atoms with Crippen LogP contribution in [0.25, 0.3) is 0 Å². The van der Waals surface area contributed by atoms with Crippen molar-refractivity contribution in [2.24, 2.45) is 0 Å². The van der Waals surface area contributed by atoms with E-state index < -0.39 is 6.29 Å². The first-order chi connectivity index (χ1) is 10.2. The molecule has 116 valence electrons. The molecule has 2 unspecified atom stereocenters. The maximum absolute atomic E-state index is 12.1. The Morgan fingerprint density at radius 3 is 2.86 bits per heavy atom. The summed E-state index contributed by atoms with van der Waals surface area (Å²) in [5, 5.41) is 0. The number of rotatable bonds is 6. The Kier molecular flexibility index (Phi) is 5.85. The number of hydrogen-bond donors (Lipinski definition) is 0. The van der Waals surface area contributed by atoms with Crippen LogP contribution in [0.4, 0.5) is 5.69 Å². The molecule has 1 saturated heterocycles. The van der Waals surface area contributed by atoms with E-state index >= 15 is 0 Å². The fourth-order valence-electron chi connectivity index (χ4n) is 2.23. The third kappa shape index (κ3) is 3.87. The molecule has 0 bridgehead atoms. The van der Waals surface area contributed by atoms with E-state index in [4.69, 9.17) is 25.8 Å². The monoisotopic (exact) mass is 313 g/mol. The number of benzene rings is 1. The van der Waals surface area contributed by atoms with E-state index in [0.717, 1.165) is 6.42 Å². The topological polar surface area (TPSA) is 48.0 Å². The van der Waals surface area contributed by atoms with Gasteiger partial charge in [0.1, 0.15) is 11.6 Å². The molecule has 0 aliphatic carbocycles. The number of halogens is 1. The van der Waals surface area contributed by atoms with E-state index in [1.807, 2.05) is 25.1 Å². The average Bonchev–Trinajstić information content (AvgIpc) is 2.99. The number of carbonyl (C=O) groups excluding carboxylic acids is 1. The van der Waals surface area contributed by atoms with Gasteiger partial charge >= 0.3 is 0 Å². The molecule has 1 aromatic rings. The van der Waals surface area contributed by atoms with E-state index in [0.29, 0.717) is 24.6 Å². The summed E-state index contributed by atoms with van der Waals surface area (Å²) in [5.74, 6) is 0.288. The van der Waals surface area contributed by atoms with Gasteiger partial charge in [0, 0.05) is 0 Å². The summed E-state index contributed by atoms with van der Waals surface area (Å²) in [6, 6.07) is 7.31. The van der Waals surface area contributed by atoms with E-state index in [9.17, 15) is 4.79 Å². The van der Waals surface area contributed by atoms with Gasteiger partial charge in [-0.15, -0.1) is 11.6 Å². The predicted molar refractivity (Wildman–Crippen MR) is 81.0 cm³/mol. The van der Waals surface area contributed by atoms with E-state index in [1.54, 1.807) is 18.1 Å². The summed E-state index contributed by atoms with van der Waals surface area (Å²) < 4.78 is 16.6. The lowest BCUT2D eigenvalue weighted by Gasteiger charge is -2.26. The summed E-state index contributed by atoms with van der Waals surface area (Å²) >= 11 is 5.72. The van der Waals surface area contributed by atoms with Gasteiger partial charge in [-0.3, -0.25) is 4.79 Å². The first-order valence-electron chi connectivity index (χ1n) is 6.96. The Morgan fingerprint density at radius 1 is 1.48 bits per heavy atom. The zero-order valence-corrected chi connectivity index (χ0v) is 13.0. The fourth-order valence-corrected chi connectivity index (χ4v) is 2.37. The number of anilines is 1. The summed E-state index contributed by atoms with van der Waals surface area (Å²) in [7, 11) is 1.57. The molecule has 1 fully saturated rings. The lowest BCUT2D eigenvalue weighted by Crippen LogP contribution is -2.39. The van der Waals surface area contributed by atoms with Crippen LogP contribution in [0.1, 0.15) is 13.3 Å². The molecule has 1 heterocycles. The van der Waals surface area contributed by atoms with Crippen molar-refractivity contribution in [3.05, 3.63) is 24.3 Å². The highest BCUT2D eigenvalue weighted by Crippen LogP contribution is 2.29. The minimum absolute atomic E-state index is 0.0839. The van der Waals surface area contributed by atoms with Crippen LogP contribution in [0.5, 0.6) is 5.75 Å². The molecule has 1 aromatic carbocycles. The van der Waals surface area contributed by atoms with Crippen molar-refractivity contribution in [2.45, 2.75) is 25.7 Å². The molecular weight excluding hydrogens is 294 g/mol. The van der Waals surface area contributed by atoms with Crippen LogP contribution in [-0.4, -0.2) is 44.4 Å². The van der Waals surface area contributed by atoms with E-state index in [-0.39, 0.29) is 17.9 Å². The van der Waals surface area contributed by atoms with Gasteiger partial charge in [-0.05, 0) is 18.6 Å². The summed E-state index contributed by atoms with van der Waals surface area (Å²) in [6.07, 6.45) is 0.530. The van der Waals surface area contributed by atoms with Crippen LogP contribution < -0.4 is 9.64 Å². The van der Waals surface area contributed by atoms with Crippen molar-refractivity contribution in [1.82, 2.24) is 0 Å². The Bertz CT molecular complexity index is 482. The molecule has 0 saturated carbocycles. The maximum Gasteiger partial charge on any atom is 0.242 e. The van der Waals surface area contributed by atoms with Crippen molar-refractivity contribution in [2.75, 3.05) is 31.0 Å². The zero-order chi connectivity index (χ0) is 15.2. The quantitative estimate of drug-likeness (QED) is 0.757. The van der Waals surface area contributed by atoms with Gasteiger partial charge in [0.25, 0.3) is 0 Å². The Balaban J connectivity index is 2.17. The van der Waals surface area contributed by atoms with Gasteiger partial charge < -0.3 is 19.1 Å². The van der Waals surface area contributed by atoms with Gasteiger partial charge in [-0.1, -0.05) is 19.1 Å². The molecule has 0 N–H and O–H groups in total. The molecule has 6 heteroatoms. The first-order valence-corrected chi connectivity index (χ1v) is 7.49. The van der Waals surface area contributed by atoms with Crippen molar-refractivity contribution in [3.8, 4) is 5.75 Å². The summed E-state index contributed by atoms with van der Waals surface area (Å²) in [5.41, 5.74) is 0.665. The van der Waals surface area contributed by atoms with E-state index in [1.165, 1.54) is 0 Å². The largest absolute Gasteiger partial charge is 0.495 e. The number of carbonyl (C=O) groups is 1. The predicted octanol–water partition coefficient (Wildman–Crippen LogP) is 2.42. The number of para-hydroxylation sites is 2. The molecule has 0 spiro atoms. The van der Waals surface area contributed by atoms with Gasteiger partial charge in [0.05, 0.1) is 32.1 Å². The maximum atomic E-state index is 12.1. The number of methoxy groups -OCH3 is 1. The van der Waals surface area contributed by atoms with Crippen molar-refractivity contribution in [1.29, 1.82) is 0 Å². The number of ether oxygens (including phenoxy) is 3. The van der Waals surface area contributed by atoms with Crippen LogP contribution in [0.2, 0.25) is 0 Å². The molecule has 0 aromatic heterocycles. The number of amides is 1. The molecule has 1 aliphatic rings. The van der Waals surface area contributed by atoms with E-state index in [2.05, 4.69) is 0 Å². The highest BCUT2D eigenvalue weighted by atomic mass is 35.5. The molecule has 5 nitrogen and oxygen atoms in total. The van der Waals surface area contributed by atoms with Crippen molar-refractivity contribution >= 4 is 23.2 Å². The zero-order valence-electron chi connectivity index (χ0n) is 12.3. The normalized spacial score (nSPS) is 21.3. The third-order valence-corrected chi connectivity index (χ3v) is 3.62. The van der Waals surface area contributed by atoms with Crippen LogP contribution in [-0.2, 0) is 14.3 Å². The lowest BCUT2D eigenvalue weighted by atomic mass is 10.2. The van der Waals surface area contributed by atoms with Crippen molar-refractivity contribution in [3.63, 3.8) is 0 Å². The Morgan fingerprint density at radius 2 is 2.24 bits per heavy atom. The minimum atomic E-state index is -0.438. The van der Waals surface area contributed by atoms with Crippen LogP contribution in [0.3, 0.4) is 0 Å². The van der Waals surface area contributed by atoms with Crippen LogP contribution in [0, 0.1) is 0 Å². The smallest absolute Gasteiger partial charge is 0.242 e. The Hall–Kier alpha value is -1.30. The summed E-state index contributed by atoms with van der Waals surface area (Å²) in [4.78, 5) is 13.7. The average molecular weight is 314 g/mol. The lowest BCUT2D eigenvalue weighted by molar-refractivity contribution is -0.118. The number of nitrogens with zero attached hydrogens (tertiary/aromatic N) is 1. The Labute approximate surface area is 129 Å². The molecule has 1 aliphatic heterocycles. The molecule has 0 radical (unpaired) electrons. The second kappa shape index (κ2) is 7.64. The molecule has 1 amide bonds. The van der Waals surface area contributed by atoms with Crippen LogP contribution >= 0.6 is 11.6 Å². The fraction of sp³-hybridized carbons (Fsp3) is 0.533. The SMILES string of the molecule is CCC1COC(CN(C(=O)CCl)c2ccccc2OC)O1. The van der Waals surface area contributed by atoms with Crippen LogP contribution in [0.15, 0.2) is 24.3 Å². The van der Waals surface area contributed by atoms with Gasteiger partial charge in [0.2, 0.25) is 5.91 Å². The molecule has 21 heavy (non-hydrogen) atoms. The minimum Gasteiger partial charge on any atom is -0.495 e. The highest BCUT2D eigenvalue weighted by molar-refractivity contribution is 6.29. The third-order valence-electron chi connectivity index (χ3n) is 3.39. The second-order valence-electron chi connectivity index (χ2n) is 4.74. The standard InChI is InChI=1S/C15H20ClNO4/c1-3-11-10-20-15(21-11)9-17(14(18)8-16)12-6-4-5-7-13(12)19-2/h4-7,11,15H,3,8-10H2,1-2H3.